The van der Waals surface area contributed by atoms with Gasteiger partial charge in [-0.2, -0.15) is 0 Å². The SMILES string of the molecule is CCCNC(c1cc2c(Br)c(OC)cc(Br)c2o1)C(C)C. The maximum atomic E-state index is 6.10. The van der Waals surface area contributed by atoms with E-state index < -0.39 is 0 Å². The van der Waals surface area contributed by atoms with Gasteiger partial charge in [0, 0.05) is 5.39 Å². The van der Waals surface area contributed by atoms with Crippen LogP contribution in [0.25, 0.3) is 11.0 Å². The van der Waals surface area contributed by atoms with Crippen molar-refractivity contribution in [1.29, 1.82) is 0 Å². The summed E-state index contributed by atoms with van der Waals surface area (Å²) in [6.45, 7) is 7.54. The molecule has 2 aromatic rings. The Morgan fingerprint density at radius 3 is 2.57 bits per heavy atom. The maximum absolute atomic E-state index is 6.10. The minimum absolute atomic E-state index is 0.210. The van der Waals surface area contributed by atoms with E-state index in [1.54, 1.807) is 7.11 Å². The molecule has 0 aliphatic rings. The lowest BCUT2D eigenvalue weighted by Gasteiger charge is -2.19. The fraction of sp³-hybridized carbons (Fsp3) is 0.500. The zero-order chi connectivity index (χ0) is 15.6. The van der Waals surface area contributed by atoms with Gasteiger partial charge in [0.2, 0.25) is 0 Å². The van der Waals surface area contributed by atoms with Gasteiger partial charge in [-0.3, -0.25) is 0 Å². The fourth-order valence-electron chi connectivity index (χ4n) is 2.39. The molecule has 1 unspecified atom stereocenters. The first kappa shape index (κ1) is 16.8. The summed E-state index contributed by atoms with van der Waals surface area (Å²) in [5, 5.41) is 4.59. The highest BCUT2D eigenvalue weighted by molar-refractivity contribution is 9.11. The molecule has 116 valence electrons. The molecule has 0 bridgehead atoms. The molecule has 1 aromatic heterocycles. The molecule has 0 saturated heterocycles. The third-order valence-electron chi connectivity index (χ3n) is 3.49. The number of halogens is 2. The van der Waals surface area contributed by atoms with Gasteiger partial charge in [0.1, 0.15) is 17.1 Å². The van der Waals surface area contributed by atoms with Crippen LogP contribution in [0, 0.1) is 5.92 Å². The van der Waals surface area contributed by atoms with Crippen molar-refractivity contribution in [1.82, 2.24) is 5.32 Å². The van der Waals surface area contributed by atoms with Crippen LogP contribution in [-0.2, 0) is 0 Å². The van der Waals surface area contributed by atoms with Gasteiger partial charge in [-0.1, -0.05) is 20.8 Å². The smallest absolute Gasteiger partial charge is 0.149 e. The van der Waals surface area contributed by atoms with Gasteiger partial charge in [-0.15, -0.1) is 0 Å². The van der Waals surface area contributed by atoms with Gasteiger partial charge in [0.15, 0.2) is 0 Å². The zero-order valence-electron chi connectivity index (χ0n) is 12.8. The Morgan fingerprint density at radius 1 is 1.29 bits per heavy atom. The second-order valence-corrected chi connectivity index (χ2v) is 7.09. The highest BCUT2D eigenvalue weighted by Crippen LogP contribution is 2.41. The summed E-state index contributed by atoms with van der Waals surface area (Å²) >= 11 is 7.16. The molecule has 0 amide bonds. The first-order valence-corrected chi connectivity index (χ1v) is 8.77. The number of rotatable bonds is 6. The lowest BCUT2D eigenvalue weighted by molar-refractivity contribution is 0.351. The van der Waals surface area contributed by atoms with E-state index in [9.17, 15) is 0 Å². The third-order valence-corrected chi connectivity index (χ3v) is 4.89. The lowest BCUT2D eigenvalue weighted by Crippen LogP contribution is -2.25. The van der Waals surface area contributed by atoms with E-state index in [1.165, 1.54) is 0 Å². The summed E-state index contributed by atoms with van der Waals surface area (Å²) in [5.74, 6) is 2.21. The molecule has 1 N–H and O–H groups in total. The van der Waals surface area contributed by atoms with Gasteiger partial charge in [0.25, 0.3) is 0 Å². The molecular formula is C16H21Br2NO2. The lowest BCUT2D eigenvalue weighted by atomic mass is 10.0. The Morgan fingerprint density at radius 2 is 2.00 bits per heavy atom. The van der Waals surface area contributed by atoms with Crippen LogP contribution >= 0.6 is 31.9 Å². The van der Waals surface area contributed by atoms with Crippen molar-refractivity contribution in [2.75, 3.05) is 13.7 Å². The molecule has 0 aliphatic carbocycles. The van der Waals surface area contributed by atoms with Crippen LogP contribution in [0.15, 0.2) is 25.5 Å². The minimum atomic E-state index is 0.210. The minimum Gasteiger partial charge on any atom is -0.496 e. The second-order valence-electron chi connectivity index (χ2n) is 5.44. The molecule has 1 aromatic carbocycles. The van der Waals surface area contributed by atoms with Crippen molar-refractivity contribution < 1.29 is 9.15 Å². The maximum Gasteiger partial charge on any atom is 0.149 e. The first-order valence-electron chi connectivity index (χ1n) is 7.18. The van der Waals surface area contributed by atoms with Crippen molar-refractivity contribution in [2.45, 2.75) is 33.2 Å². The van der Waals surface area contributed by atoms with Gasteiger partial charge in [-0.25, -0.2) is 0 Å². The van der Waals surface area contributed by atoms with Crippen LogP contribution in [0.5, 0.6) is 5.75 Å². The van der Waals surface area contributed by atoms with Crippen LogP contribution in [0.1, 0.15) is 39.0 Å². The Kier molecular flexibility index (Phi) is 5.74. The normalized spacial score (nSPS) is 13.1. The summed E-state index contributed by atoms with van der Waals surface area (Å²) < 4.78 is 13.3. The molecule has 3 nitrogen and oxygen atoms in total. The Bertz CT molecular complexity index is 622. The van der Waals surface area contributed by atoms with Crippen LogP contribution < -0.4 is 10.1 Å². The number of methoxy groups -OCH3 is 1. The molecule has 5 heteroatoms. The average Bonchev–Trinajstić information content (AvgIpc) is 2.88. The van der Waals surface area contributed by atoms with Crippen molar-refractivity contribution in [3.63, 3.8) is 0 Å². The zero-order valence-corrected chi connectivity index (χ0v) is 16.0. The number of furan rings is 1. The van der Waals surface area contributed by atoms with E-state index >= 15 is 0 Å². The van der Waals surface area contributed by atoms with Crippen LogP contribution in [0.4, 0.5) is 0 Å². The Balaban J connectivity index is 2.50. The van der Waals surface area contributed by atoms with Crippen LogP contribution in [-0.4, -0.2) is 13.7 Å². The number of ether oxygens (including phenoxy) is 1. The Labute approximate surface area is 142 Å². The van der Waals surface area contributed by atoms with Crippen LogP contribution in [0.3, 0.4) is 0 Å². The molecular weight excluding hydrogens is 398 g/mol. The first-order chi connectivity index (χ1) is 9.99. The summed E-state index contributed by atoms with van der Waals surface area (Å²) in [5.41, 5.74) is 0.849. The van der Waals surface area contributed by atoms with E-state index in [0.717, 1.165) is 44.4 Å². The van der Waals surface area contributed by atoms with Gasteiger partial charge >= 0.3 is 0 Å². The van der Waals surface area contributed by atoms with E-state index in [0.29, 0.717) is 5.92 Å². The van der Waals surface area contributed by atoms with Crippen molar-refractivity contribution in [2.24, 2.45) is 5.92 Å². The predicted molar refractivity (Wildman–Crippen MR) is 94.0 cm³/mol. The fourth-order valence-corrected chi connectivity index (χ4v) is 3.47. The highest BCUT2D eigenvalue weighted by Gasteiger charge is 2.22. The number of benzene rings is 1. The molecule has 1 atom stereocenters. The van der Waals surface area contributed by atoms with Gasteiger partial charge in [-0.05, 0) is 62.9 Å². The third kappa shape index (κ3) is 3.46. The number of fused-ring (bicyclic) bond motifs is 1. The molecule has 0 saturated carbocycles. The molecule has 0 spiro atoms. The largest absolute Gasteiger partial charge is 0.496 e. The number of hydrogen-bond acceptors (Lipinski definition) is 3. The monoisotopic (exact) mass is 417 g/mol. The summed E-state index contributed by atoms with van der Waals surface area (Å²) in [6, 6.07) is 4.23. The molecule has 2 rings (SSSR count). The van der Waals surface area contributed by atoms with Crippen molar-refractivity contribution in [3.05, 3.63) is 26.8 Å². The quantitative estimate of drug-likeness (QED) is 0.656. The van der Waals surface area contributed by atoms with Gasteiger partial charge in [0.05, 0.1) is 22.1 Å². The summed E-state index contributed by atoms with van der Waals surface area (Å²) in [6.07, 6.45) is 1.10. The Hall–Kier alpha value is -0.520. The molecule has 1 heterocycles. The van der Waals surface area contributed by atoms with Crippen molar-refractivity contribution in [3.8, 4) is 5.75 Å². The topological polar surface area (TPSA) is 34.4 Å². The average molecular weight is 419 g/mol. The van der Waals surface area contributed by atoms with Crippen molar-refractivity contribution >= 4 is 42.8 Å². The number of nitrogens with one attached hydrogen (secondary N) is 1. The van der Waals surface area contributed by atoms with E-state index in [1.807, 2.05) is 6.07 Å². The highest BCUT2D eigenvalue weighted by atomic mass is 79.9. The molecule has 21 heavy (non-hydrogen) atoms. The van der Waals surface area contributed by atoms with Crippen LogP contribution in [0.2, 0.25) is 0 Å². The number of hydrogen-bond donors (Lipinski definition) is 1. The van der Waals surface area contributed by atoms with E-state index in [4.69, 9.17) is 9.15 Å². The van der Waals surface area contributed by atoms with E-state index in [-0.39, 0.29) is 6.04 Å². The standard InChI is InChI=1S/C16H21Br2NO2/c1-5-6-19-15(9(2)3)13-7-10-14(18)12(20-4)8-11(17)16(10)21-13/h7-9,15,19H,5-6H2,1-4H3. The van der Waals surface area contributed by atoms with E-state index in [2.05, 4.69) is 64.0 Å². The molecule has 0 fully saturated rings. The predicted octanol–water partition coefficient (Wildman–Crippen LogP) is 5.66. The summed E-state index contributed by atoms with van der Waals surface area (Å²) in [7, 11) is 1.67. The molecule has 0 aliphatic heterocycles. The summed E-state index contributed by atoms with van der Waals surface area (Å²) in [4.78, 5) is 0. The second kappa shape index (κ2) is 7.16. The van der Waals surface area contributed by atoms with Gasteiger partial charge < -0.3 is 14.5 Å². The molecule has 0 radical (unpaired) electrons.